The molecule has 0 radical (unpaired) electrons. The average molecular weight is 687 g/mol. The largest absolute Gasteiger partial charge is 0.472 e. The van der Waals surface area contributed by atoms with Gasteiger partial charge in [0.25, 0.3) is 5.56 Å². The first-order chi connectivity index (χ1) is 21.8. The number of phosphoric ester groups is 2. The summed E-state index contributed by atoms with van der Waals surface area (Å²) in [5.41, 5.74) is 11.3. The van der Waals surface area contributed by atoms with E-state index in [9.17, 15) is 33.9 Å². The van der Waals surface area contributed by atoms with Crippen molar-refractivity contribution in [2.45, 2.75) is 55.5 Å². The molecular formula is C22H27N9O13P2. The zero-order valence-electron chi connectivity index (χ0n) is 23.2. The van der Waals surface area contributed by atoms with E-state index < -0.39 is 83.5 Å². The molecule has 7 heterocycles. The van der Waals surface area contributed by atoms with Crippen molar-refractivity contribution in [1.29, 1.82) is 0 Å². The minimum absolute atomic E-state index is 0.116. The van der Waals surface area contributed by atoms with Crippen LogP contribution in [-0.4, -0.2) is 104 Å². The Morgan fingerprint density at radius 3 is 2.39 bits per heavy atom. The molecule has 0 aromatic carbocycles. The van der Waals surface area contributed by atoms with Crippen molar-refractivity contribution < 1.29 is 56.7 Å². The molecule has 7 rings (SSSR count). The van der Waals surface area contributed by atoms with Crippen molar-refractivity contribution in [3.8, 4) is 0 Å². The highest BCUT2D eigenvalue weighted by atomic mass is 31.2. The minimum Gasteiger partial charge on any atom is -0.387 e. The van der Waals surface area contributed by atoms with E-state index in [0.29, 0.717) is 11.0 Å². The summed E-state index contributed by atoms with van der Waals surface area (Å²) in [6.07, 6.45) is -8.29. The molecule has 22 nitrogen and oxygen atoms in total. The number of fused-ring (bicyclic) bond motifs is 5. The van der Waals surface area contributed by atoms with Crippen LogP contribution in [0.4, 0.5) is 11.8 Å². The molecule has 24 heteroatoms. The van der Waals surface area contributed by atoms with E-state index in [2.05, 4.69) is 24.9 Å². The highest BCUT2D eigenvalue weighted by molar-refractivity contribution is 7.47. The van der Waals surface area contributed by atoms with Gasteiger partial charge in [0.15, 0.2) is 29.4 Å². The molecule has 3 saturated heterocycles. The number of hydrogen-bond donors (Lipinski definition) is 7. The lowest BCUT2D eigenvalue weighted by Crippen LogP contribution is -2.37. The lowest BCUT2D eigenvalue weighted by atomic mass is 10.1. The summed E-state index contributed by atoms with van der Waals surface area (Å²) in [6.45, 7) is -1.35. The van der Waals surface area contributed by atoms with Crippen LogP contribution in [0.3, 0.4) is 0 Å². The van der Waals surface area contributed by atoms with Crippen LogP contribution in [0.5, 0.6) is 0 Å². The topological polar surface area (TPSA) is 317 Å². The molecule has 0 saturated carbocycles. The van der Waals surface area contributed by atoms with Crippen LogP contribution >= 0.6 is 15.6 Å². The number of ether oxygens (including phenoxy) is 2. The minimum atomic E-state index is -5.01. The zero-order valence-corrected chi connectivity index (χ0v) is 25.0. The Morgan fingerprint density at radius 1 is 0.891 bits per heavy atom. The summed E-state index contributed by atoms with van der Waals surface area (Å²) in [7, 11) is -9.98. The van der Waals surface area contributed by atoms with E-state index in [1.807, 2.05) is 0 Å². The molecule has 3 aliphatic heterocycles. The van der Waals surface area contributed by atoms with Crippen LogP contribution in [0.1, 0.15) is 18.9 Å². The quantitative estimate of drug-likeness (QED) is 0.120. The fourth-order valence-electron chi connectivity index (χ4n) is 5.64. The second-order valence-corrected chi connectivity index (χ2v) is 13.4. The zero-order chi connectivity index (χ0) is 32.5. The number of imidazole rings is 2. The number of nitrogen functional groups attached to an aromatic ring is 2. The van der Waals surface area contributed by atoms with Crippen LogP contribution < -0.4 is 17.0 Å². The van der Waals surface area contributed by atoms with Crippen molar-refractivity contribution in [2.75, 3.05) is 24.7 Å². The van der Waals surface area contributed by atoms with Gasteiger partial charge in [-0.25, -0.2) is 24.1 Å². The standard InChI is InChI=1S/C22H27N9O13P2/c23-17-11-8(1-3-25-17)30(6-26-11)20-14(33)15-9(41-20)2-4-39-45(35,36)44-16-13(32)10(5-40-46(37,38)43-15)42-21(16)31-7-27-12-18(31)28-22(24)29-19(12)34/h1,3,6-7,9-10,13-16,20-21,32-33H,2,4-5H2,(H2,23,25)(H,35,36)(H,37,38)(H3,24,28,29,34)/t9-,10-,13-,14-,15-,16-,20-,21-/m1/s1. The lowest BCUT2D eigenvalue weighted by molar-refractivity contribution is -0.0545. The highest BCUT2D eigenvalue weighted by Crippen LogP contribution is 2.53. The molecule has 0 spiro atoms. The predicted octanol–water partition coefficient (Wildman–Crippen LogP) is -1.35. The SMILES string of the molecule is Nc1nc2c(ncn2[C@@H]2O[C@@H]3COP(=O)(O)O[C@H]4[C@@H](O)[C@H](n5cnc6c(N)nccc65)O[C@@H]4CCOP(=O)(O)O[C@@H]2[C@@H]3O)c(=O)[nH]1. The Balaban J connectivity index is 1.18. The van der Waals surface area contributed by atoms with Crippen molar-refractivity contribution >= 4 is 49.6 Å². The van der Waals surface area contributed by atoms with Gasteiger partial charge < -0.3 is 45.5 Å². The number of aromatic nitrogens is 7. The molecule has 2 unspecified atom stereocenters. The third kappa shape index (κ3) is 5.51. The van der Waals surface area contributed by atoms with Crippen molar-refractivity contribution in [2.24, 2.45) is 0 Å². The van der Waals surface area contributed by atoms with Gasteiger partial charge >= 0.3 is 15.6 Å². The number of nitrogens with one attached hydrogen (secondary N) is 1. The number of H-pyrrole nitrogens is 1. The van der Waals surface area contributed by atoms with Gasteiger partial charge in [0.05, 0.1) is 37.5 Å². The number of nitrogens with zero attached hydrogens (tertiary/aromatic N) is 6. The second-order valence-electron chi connectivity index (χ2n) is 10.6. The van der Waals surface area contributed by atoms with Crippen LogP contribution in [0.2, 0.25) is 0 Å². The molecule has 3 aliphatic rings. The van der Waals surface area contributed by atoms with Gasteiger partial charge in [0, 0.05) is 12.6 Å². The van der Waals surface area contributed by atoms with Crippen LogP contribution in [0.15, 0.2) is 29.7 Å². The summed E-state index contributed by atoms with van der Waals surface area (Å²) < 4.78 is 61.6. The molecular weight excluding hydrogens is 660 g/mol. The average Bonchev–Trinajstić information content (AvgIpc) is 3.74. The van der Waals surface area contributed by atoms with E-state index in [4.69, 9.17) is 39.0 Å². The summed E-state index contributed by atoms with van der Waals surface area (Å²) in [5, 5.41) is 22.3. The smallest absolute Gasteiger partial charge is 0.387 e. The van der Waals surface area contributed by atoms with E-state index in [1.165, 1.54) is 17.1 Å². The number of pyridine rings is 1. The number of aliphatic hydroxyl groups is 2. The Kier molecular flexibility index (Phi) is 7.74. The first-order valence-corrected chi connectivity index (χ1v) is 16.6. The Labute approximate surface area is 256 Å². The van der Waals surface area contributed by atoms with Gasteiger partial charge in [0.2, 0.25) is 5.95 Å². The molecule has 9 N–H and O–H groups in total. The van der Waals surface area contributed by atoms with Gasteiger partial charge in [-0.15, -0.1) is 0 Å². The normalized spacial score (nSPS) is 37.4. The van der Waals surface area contributed by atoms with Crippen molar-refractivity contribution in [3.05, 3.63) is 35.3 Å². The Hall–Kier alpha value is -3.37. The molecule has 0 aliphatic carbocycles. The number of phosphoric acid groups is 2. The molecule has 4 aromatic rings. The van der Waals surface area contributed by atoms with Crippen LogP contribution in [0, 0.1) is 0 Å². The summed E-state index contributed by atoms with van der Waals surface area (Å²) >= 11 is 0. The van der Waals surface area contributed by atoms with Crippen LogP contribution in [-0.2, 0) is 36.7 Å². The lowest BCUT2D eigenvalue weighted by Gasteiger charge is -2.26. The van der Waals surface area contributed by atoms with Crippen LogP contribution in [0.25, 0.3) is 22.2 Å². The first kappa shape index (κ1) is 31.2. The molecule has 2 bridgehead atoms. The number of anilines is 2. The van der Waals surface area contributed by atoms with Gasteiger partial charge in [-0.3, -0.25) is 32.4 Å². The van der Waals surface area contributed by atoms with E-state index in [-0.39, 0.29) is 29.4 Å². The van der Waals surface area contributed by atoms with Gasteiger partial charge in [-0.2, -0.15) is 4.98 Å². The maximum Gasteiger partial charge on any atom is 0.472 e. The number of hydrogen-bond acceptors (Lipinski definition) is 17. The third-order valence-electron chi connectivity index (χ3n) is 7.71. The van der Waals surface area contributed by atoms with Gasteiger partial charge in [-0.1, -0.05) is 0 Å². The highest BCUT2D eigenvalue weighted by Gasteiger charge is 2.53. The van der Waals surface area contributed by atoms with E-state index in [0.717, 1.165) is 10.9 Å². The molecule has 4 aromatic heterocycles. The molecule has 46 heavy (non-hydrogen) atoms. The Bertz CT molecular complexity index is 1950. The monoisotopic (exact) mass is 687 g/mol. The van der Waals surface area contributed by atoms with Crippen molar-refractivity contribution in [1.82, 2.24) is 34.1 Å². The third-order valence-corrected chi connectivity index (χ3v) is 9.71. The number of rotatable bonds is 2. The second kappa shape index (κ2) is 11.4. The fourth-order valence-corrected chi connectivity index (χ4v) is 7.54. The summed E-state index contributed by atoms with van der Waals surface area (Å²) in [4.78, 5) is 52.0. The number of nitrogens with two attached hydrogens (primary N) is 2. The Morgan fingerprint density at radius 2 is 1.59 bits per heavy atom. The molecule has 3 fully saturated rings. The van der Waals surface area contributed by atoms with E-state index in [1.54, 1.807) is 6.07 Å². The first-order valence-electron chi connectivity index (χ1n) is 13.6. The summed E-state index contributed by atoms with van der Waals surface area (Å²) in [6, 6.07) is 1.57. The van der Waals surface area contributed by atoms with Crippen molar-refractivity contribution in [3.63, 3.8) is 0 Å². The predicted molar refractivity (Wildman–Crippen MR) is 150 cm³/mol. The molecule has 0 amide bonds. The maximum absolute atomic E-state index is 13.1. The number of aliphatic hydroxyl groups excluding tert-OH is 2. The molecule has 10 atom stereocenters. The summed E-state index contributed by atoms with van der Waals surface area (Å²) in [5.74, 6) is -0.155. The van der Waals surface area contributed by atoms with E-state index >= 15 is 0 Å². The fraction of sp³-hybridized carbons (Fsp3) is 0.500. The van der Waals surface area contributed by atoms with Gasteiger partial charge in [0.1, 0.15) is 36.0 Å². The number of aromatic amines is 1. The maximum atomic E-state index is 13.1. The van der Waals surface area contributed by atoms with Gasteiger partial charge in [-0.05, 0) is 6.07 Å². The molecule has 248 valence electrons.